The fourth-order valence-electron chi connectivity index (χ4n) is 3.11. The molecule has 0 N–H and O–H groups in total. The number of carbonyl (C=O) groups excluding carboxylic acids is 1. The van der Waals surface area contributed by atoms with Crippen LogP contribution in [0.4, 0.5) is 0 Å². The Morgan fingerprint density at radius 1 is 1.16 bits per heavy atom. The van der Waals surface area contributed by atoms with E-state index in [0.29, 0.717) is 11.8 Å². The minimum atomic E-state index is 0.115. The number of amides is 1. The highest BCUT2D eigenvalue weighted by Gasteiger charge is 2.38. The SMILES string of the molecule is O=C1CS[C@H](c2ccccc2Cl)N1C1CCCCC1. The molecule has 0 spiro atoms. The van der Waals surface area contributed by atoms with Crippen LogP contribution < -0.4 is 0 Å². The molecule has 1 amide bonds. The quantitative estimate of drug-likeness (QED) is 0.813. The van der Waals surface area contributed by atoms with Crippen molar-refractivity contribution in [2.24, 2.45) is 0 Å². The van der Waals surface area contributed by atoms with E-state index in [-0.39, 0.29) is 11.3 Å². The smallest absolute Gasteiger partial charge is 0.234 e. The normalized spacial score (nSPS) is 25.0. The van der Waals surface area contributed by atoms with Crippen molar-refractivity contribution in [1.82, 2.24) is 4.90 Å². The predicted molar refractivity (Wildman–Crippen MR) is 80.4 cm³/mol. The maximum absolute atomic E-state index is 12.2. The summed E-state index contributed by atoms with van der Waals surface area (Å²) in [5.41, 5.74) is 1.09. The molecule has 0 radical (unpaired) electrons. The summed E-state index contributed by atoms with van der Waals surface area (Å²) in [7, 11) is 0. The van der Waals surface area contributed by atoms with E-state index in [9.17, 15) is 4.79 Å². The summed E-state index contributed by atoms with van der Waals surface area (Å²) in [6, 6.07) is 8.33. The third-order valence-electron chi connectivity index (χ3n) is 4.04. The van der Waals surface area contributed by atoms with Crippen LogP contribution in [0.5, 0.6) is 0 Å². The molecule has 1 aromatic rings. The molecule has 1 heterocycles. The lowest BCUT2D eigenvalue weighted by Crippen LogP contribution is -2.39. The Bertz CT molecular complexity index is 473. The van der Waals surface area contributed by atoms with Gasteiger partial charge in [-0.25, -0.2) is 0 Å². The van der Waals surface area contributed by atoms with Gasteiger partial charge in [-0.1, -0.05) is 49.1 Å². The zero-order valence-corrected chi connectivity index (χ0v) is 12.4. The molecule has 19 heavy (non-hydrogen) atoms. The molecule has 1 aromatic carbocycles. The summed E-state index contributed by atoms with van der Waals surface area (Å²) in [6.07, 6.45) is 6.09. The van der Waals surface area contributed by atoms with Crippen LogP contribution in [0.3, 0.4) is 0 Å². The number of hydrogen-bond donors (Lipinski definition) is 0. The van der Waals surface area contributed by atoms with Gasteiger partial charge in [-0.15, -0.1) is 11.8 Å². The van der Waals surface area contributed by atoms with E-state index in [1.165, 1.54) is 19.3 Å². The first-order valence-electron chi connectivity index (χ1n) is 6.94. The lowest BCUT2D eigenvalue weighted by molar-refractivity contribution is -0.131. The summed E-state index contributed by atoms with van der Waals surface area (Å²) in [5, 5.41) is 0.889. The van der Waals surface area contributed by atoms with Gasteiger partial charge in [-0.3, -0.25) is 4.79 Å². The molecule has 0 aromatic heterocycles. The number of halogens is 1. The van der Waals surface area contributed by atoms with Crippen molar-refractivity contribution in [2.75, 3.05) is 5.75 Å². The molecule has 1 aliphatic heterocycles. The van der Waals surface area contributed by atoms with E-state index in [1.54, 1.807) is 11.8 Å². The first-order chi connectivity index (χ1) is 9.27. The van der Waals surface area contributed by atoms with E-state index < -0.39 is 0 Å². The molecule has 4 heteroatoms. The highest BCUT2D eigenvalue weighted by Crippen LogP contribution is 2.44. The van der Waals surface area contributed by atoms with Gasteiger partial charge in [0.2, 0.25) is 5.91 Å². The van der Waals surface area contributed by atoms with E-state index in [1.807, 2.05) is 18.2 Å². The summed E-state index contributed by atoms with van der Waals surface area (Å²) in [5.74, 6) is 0.869. The Hall–Kier alpha value is -0.670. The molecule has 3 rings (SSSR count). The number of rotatable bonds is 2. The summed E-state index contributed by atoms with van der Waals surface area (Å²) >= 11 is 8.02. The van der Waals surface area contributed by atoms with Gasteiger partial charge in [-0.05, 0) is 18.9 Å². The lowest BCUT2D eigenvalue weighted by Gasteiger charge is -2.35. The Labute approximate surface area is 123 Å². The predicted octanol–water partition coefficient (Wildman–Crippen LogP) is 4.25. The van der Waals surface area contributed by atoms with Gasteiger partial charge < -0.3 is 4.90 Å². The maximum Gasteiger partial charge on any atom is 0.234 e. The topological polar surface area (TPSA) is 20.3 Å². The molecular formula is C15H18ClNOS. The minimum absolute atomic E-state index is 0.115. The molecule has 102 valence electrons. The number of carbonyl (C=O) groups is 1. The monoisotopic (exact) mass is 295 g/mol. The largest absolute Gasteiger partial charge is 0.323 e. The van der Waals surface area contributed by atoms with Crippen LogP contribution in [-0.4, -0.2) is 22.6 Å². The minimum Gasteiger partial charge on any atom is -0.323 e. The van der Waals surface area contributed by atoms with E-state index in [0.717, 1.165) is 23.4 Å². The number of hydrogen-bond acceptors (Lipinski definition) is 2. The zero-order chi connectivity index (χ0) is 13.2. The number of benzene rings is 1. The second-order valence-corrected chi connectivity index (χ2v) is 6.75. The zero-order valence-electron chi connectivity index (χ0n) is 10.8. The Morgan fingerprint density at radius 3 is 2.63 bits per heavy atom. The Kier molecular flexibility index (Phi) is 4.04. The fourth-order valence-corrected chi connectivity index (χ4v) is 4.69. The van der Waals surface area contributed by atoms with Crippen molar-refractivity contribution >= 4 is 29.3 Å². The average Bonchev–Trinajstić information content (AvgIpc) is 2.82. The fraction of sp³-hybridized carbons (Fsp3) is 0.533. The van der Waals surface area contributed by atoms with Crippen molar-refractivity contribution in [3.63, 3.8) is 0 Å². The third kappa shape index (κ3) is 2.63. The summed E-state index contributed by atoms with van der Waals surface area (Å²) in [4.78, 5) is 14.3. The second-order valence-electron chi connectivity index (χ2n) is 5.28. The molecule has 1 aliphatic carbocycles. The van der Waals surface area contributed by atoms with Crippen LogP contribution in [-0.2, 0) is 4.79 Å². The van der Waals surface area contributed by atoms with Crippen LogP contribution in [0.15, 0.2) is 24.3 Å². The van der Waals surface area contributed by atoms with Crippen molar-refractivity contribution in [3.05, 3.63) is 34.9 Å². The lowest BCUT2D eigenvalue weighted by atomic mass is 9.93. The average molecular weight is 296 g/mol. The molecule has 2 nitrogen and oxygen atoms in total. The van der Waals surface area contributed by atoms with Gasteiger partial charge in [-0.2, -0.15) is 0 Å². The van der Waals surface area contributed by atoms with Gasteiger partial charge >= 0.3 is 0 Å². The van der Waals surface area contributed by atoms with E-state index in [2.05, 4.69) is 11.0 Å². The van der Waals surface area contributed by atoms with Crippen molar-refractivity contribution in [1.29, 1.82) is 0 Å². The van der Waals surface area contributed by atoms with Crippen LogP contribution in [0.25, 0.3) is 0 Å². The van der Waals surface area contributed by atoms with Gasteiger partial charge in [0.05, 0.1) is 5.75 Å². The number of thioether (sulfide) groups is 1. The van der Waals surface area contributed by atoms with Crippen LogP contribution in [0.2, 0.25) is 5.02 Å². The van der Waals surface area contributed by atoms with Crippen molar-refractivity contribution < 1.29 is 4.79 Å². The van der Waals surface area contributed by atoms with Crippen LogP contribution >= 0.6 is 23.4 Å². The first-order valence-corrected chi connectivity index (χ1v) is 8.37. The van der Waals surface area contributed by atoms with Gasteiger partial charge in [0, 0.05) is 16.6 Å². The van der Waals surface area contributed by atoms with Crippen molar-refractivity contribution in [2.45, 2.75) is 43.5 Å². The highest BCUT2D eigenvalue weighted by molar-refractivity contribution is 8.00. The highest BCUT2D eigenvalue weighted by atomic mass is 35.5. The molecular weight excluding hydrogens is 278 g/mol. The summed E-state index contributed by atoms with van der Waals surface area (Å²) < 4.78 is 0. The van der Waals surface area contributed by atoms with Gasteiger partial charge in [0.25, 0.3) is 0 Å². The van der Waals surface area contributed by atoms with E-state index >= 15 is 0 Å². The van der Waals surface area contributed by atoms with Crippen molar-refractivity contribution in [3.8, 4) is 0 Å². The van der Waals surface area contributed by atoms with Crippen LogP contribution in [0.1, 0.15) is 43.0 Å². The molecule has 0 bridgehead atoms. The second kappa shape index (κ2) is 5.76. The summed E-state index contributed by atoms with van der Waals surface area (Å²) in [6.45, 7) is 0. The van der Waals surface area contributed by atoms with Gasteiger partial charge in [0.15, 0.2) is 0 Å². The molecule has 1 saturated heterocycles. The maximum atomic E-state index is 12.2. The van der Waals surface area contributed by atoms with Crippen LogP contribution in [0, 0.1) is 0 Å². The first kappa shape index (κ1) is 13.3. The molecule has 2 fully saturated rings. The molecule has 1 saturated carbocycles. The Morgan fingerprint density at radius 2 is 1.89 bits per heavy atom. The molecule has 0 unspecified atom stereocenters. The van der Waals surface area contributed by atoms with Gasteiger partial charge in [0.1, 0.15) is 5.37 Å². The Balaban J connectivity index is 1.87. The number of nitrogens with zero attached hydrogens (tertiary/aromatic N) is 1. The molecule has 2 aliphatic rings. The van der Waals surface area contributed by atoms with E-state index in [4.69, 9.17) is 11.6 Å². The standard InChI is InChI=1S/C15H18ClNOS/c16-13-9-5-4-8-12(13)15-17(14(18)10-19-15)11-6-2-1-3-7-11/h4-5,8-9,11,15H,1-3,6-7,10H2/t15-/m1/s1. The molecule has 1 atom stereocenters. The third-order valence-corrected chi connectivity index (χ3v) is 5.60.